The van der Waals surface area contributed by atoms with Crippen LogP contribution in [0.2, 0.25) is 0 Å². The van der Waals surface area contributed by atoms with Gasteiger partial charge in [-0.15, -0.1) is 0 Å². The smallest absolute Gasteiger partial charge is 0.241 e. The van der Waals surface area contributed by atoms with Crippen molar-refractivity contribution in [3.05, 3.63) is 35.9 Å². The van der Waals surface area contributed by atoms with Crippen LogP contribution >= 0.6 is 11.8 Å². The van der Waals surface area contributed by atoms with Crippen molar-refractivity contribution in [3.8, 4) is 0 Å². The molecule has 3 nitrogen and oxygen atoms in total. The summed E-state index contributed by atoms with van der Waals surface area (Å²) in [7, 11) is 0. The molecule has 1 saturated heterocycles. The van der Waals surface area contributed by atoms with Crippen LogP contribution in [0.3, 0.4) is 0 Å². The van der Waals surface area contributed by atoms with Gasteiger partial charge in [0, 0.05) is 11.8 Å². The zero-order valence-electron chi connectivity index (χ0n) is 10.5. The molecule has 0 saturated carbocycles. The normalized spacial score (nSPS) is 21.3. The molecule has 0 aromatic heterocycles. The van der Waals surface area contributed by atoms with Gasteiger partial charge in [-0.2, -0.15) is 11.8 Å². The number of nitrogens with two attached hydrogens (primary N) is 1. The number of benzene rings is 1. The van der Waals surface area contributed by atoms with E-state index in [1.807, 2.05) is 42.1 Å². The van der Waals surface area contributed by atoms with Crippen LogP contribution in [-0.4, -0.2) is 23.5 Å². The number of carbonyl (C=O) groups excluding carboxylic acids is 1. The van der Waals surface area contributed by atoms with E-state index in [0.717, 1.165) is 12.1 Å². The van der Waals surface area contributed by atoms with Crippen molar-refractivity contribution < 1.29 is 4.79 Å². The predicted octanol–water partition coefficient (Wildman–Crippen LogP) is 2.09. The molecule has 1 aromatic carbocycles. The Kier molecular flexibility index (Phi) is 5.08. The fourth-order valence-electron chi connectivity index (χ4n) is 2.10. The molecule has 2 atom stereocenters. The van der Waals surface area contributed by atoms with Gasteiger partial charge in [-0.25, -0.2) is 0 Å². The summed E-state index contributed by atoms with van der Waals surface area (Å²) >= 11 is 1.96. The third-order valence-electron chi connectivity index (χ3n) is 3.22. The van der Waals surface area contributed by atoms with Crippen LogP contribution in [0.25, 0.3) is 0 Å². The maximum Gasteiger partial charge on any atom is 0.241 e. The quantitative estimate of drug-likeness (QED) is 0.875. The van der Waals surface area contributed by atoms with Gasteiger partial charge in [-0.1, -0.05) is 36.8 Å². The van der Waals surface area contributed by atoms with Crippen LogP contribution in [-0.2, 0) is 4.79 Å². The molecule has 1 fully saturated rings. The first-order chi connectivity index (χ1) is 8.77. The van der Waals surface area contributed by atoms with Crippen LogP contribution in [0.15, 0.2) is 30.3 Å². The third kappa shape index (κ3) is 3.75. The Hall–Kier alpha value is -1.00. The van der Waals surface area contributed by atoms with Crippen LogP contribution in [0.1, 0.15) is 30.9 Å². The molecule has 18 heavy (non-hydrogen) atoms. The maximum absolute atomic E-state index is 11.9. The summed E-state index contributed by atoms with van der Waals surface area (Å²) in [5.74, 6) is 1.14. The van der Waals surface area contributed by atoms with Crippen LogP contribution in [0.5, 0.6) is 0 Å². The average Bonchev–Trinajstić information content (AvgIpc) is 2.46. The molecule has 0 aliphatic carbocycles. The van der Waals surface area contributed by atoms with E-state index in [2.05, 4.69) is 5.32 Å². The van der Waals surface area contributed by atoms with E-state index in [0.29, 0.717) is 5.25 Å². The van der Waals surface area contributed by atoms with Crippen molar-refractivity contribution >= 4 is 17.7 Å². The Labute approximate surface area is 113 Å². The topological polar surface area (TPSA) is 55.1 Å². The first-order valence-electron chi connectivity index (χ1n) is 6.47. The summed E-state index contributed by atoms with van der Waals surface area (Å²) in [6.07, 6.45) is 3.78. The lowest BCUT2D eigenvalue weighted by atomic mass is 10.1. The SMILES string of the molecule is NC(C(=O)NCC1CCCCS1)c1ccccc1. The van der Waals surface area contributed by atoms with Gasteiger partial charge >= 0.3 is 0 Å². The molecule has 1 aliphatic heterocycles. The van der Waals surface area contributed by atoms with Gasteiger partial charge < -0.3 is 11.1 Å². The lowest BCUT2D eigenvalue weighted by Gasteiger charge is -2.22. The third-order valence-corrected chi connectivity index (χ3v) is 4.62. The first kappa shape index (κ1) is 13.4. The highest BCUT2D eigenvalue weighted by Gasteiger charge is 2.18. The summed E-state index contributed by atoms with van der Waals surface area (Å²) < 4.78 is 0. The lowest BCUT2D eigenvalue weighted by molar-refractivity contribution is -0.122. The van der Waals surface area contributed by atoms with Gasteiger partial charge in [-0.05, 0) is 24.2 Å². The number of thioether (sulfide) groups is 1. The van der Waals surface area contributed by atoms with Crippen molar-refractivity contribution in [3.63, 3.8) is 0 Å². The van der Waals surface area contributed by atoms with Gasteiger partial charge in [0.15, 0.2) is 0 Å². The minimum atomic E-state index is -0.556. The molecule has 0 radical (unpaired) electrons. The van der Waals surface area contributed by atoms with Gasteiger partial charge in [-0.3, -0.25) is 4.79 Å². The van der Waals surface area contributed by atoms with Gasteiger partial charge in [0.05, 0.1) is 0 Å². The van der Waals surface area contributed by atoms with Crippen molar-refractivity contribution in [1.82, 2.24) is 5.32 Å². The fourth-order valence-corrected chi connectivity index (χ4v) is 3.34. The molecule has 1 aliphatic rings. The average molecular weight is 264 g/mol. The minimum absolute atomic E-state index is 0.0765. The Morgan fingerprint density at radius 1 is 1.39 bits per heavy atom. The van der Waals surface area contributed by atoms with Crippen LogP contribution in [0, 0.1) is 0 Å². The van der Waals surface area contributed by atoms with Crippen molar-refractivity contribution in [1.29, 1.82) is 0 Å². The first-order valence-corrected chi connectivity index (χ1v) is 7.52. The van der Waals surface area contributed by atoms with E-state index in [9.17, 15) is 4.79 Å². The van der Waals surface area contributed by atoms with Gasteiger partial charge in [0.25, 0.3) is 0 Å². The summed E-state index contributed by atoms with van der Waals surface area (Å²) in [5.41, 5.74) is 6.80. The maximum atomic E-state index is 11.9. The molecule has 98 valence electrons. The van der Waals surface area contributed by atoms with Crippen molar-refractivity contribution in [2.45, 2.75) is 30.6 Å². The Morgan fingerprint density at radius 3 is 2.83 bits per heavy atom. The predicted molar refractivity (Wildman–Crippen MR) is 76.5 cm³/mol. The van der Waals surface area contributed by atoms with E-state index >= 15 is 0 Å². The number of nitrogens with one attached hydrogen (secondary N) is 1. The molecule has 0 spiro atoms. The summed E-state index contributed by atoms with van der Waals surface area (Å²) in [4.78, 5) is 11.9. The minimum Gasteiger partial charge on any atom is -0.353 e. The molecular weight excluding hydrogens is 244 g/mol. The largest absolute Gasteiger partial charge is 0.353 e. The standard InChI is InChI=1S/C14H20N2OS/c15-13(11-6-2-1-3-7-11)14(17)16-10-12-8-4-5-9-18-12/h1-3,6-7,12-13H,4-5,8-10,15H2,(H,16,17). The van der Waals surface area contributed by atoms with Crippen molar-refractivity contribution in [2.24, 2.45) is 5.73 Å². The van der Waals surface area contributed by atoms with Crippen molar-refractivity contribution in [2.75, 3.05) is 12.3 Å². The number of hydrogen-bond donors (Lipinski definition) is 2. The molecular formula is C14H20N2OS. The molecule has 1 heterocycles. The fraction of sp³-hybridized carbons (Fsp3) is 0.500. The highest BCUT2D eigenvalue weighted by molar-refractivity contribution is 7.99. The Bertz CT molecular complexity index is 377. The number of rotatable bonds is 4. The molecule has 3 N–H and O–H groups in total. The molecule has 1 aromatic rings. The highest BCUT2D eigenvalue weighted by atomic mass is 32.2. The summed E-state index contributed by atoms with van der Waals surface area (Å²) in [6.45, 7) is 0.740. The molecule has 2 rings (SSSR count). The highest BCUT2D eigenvalue weighted by Crippen LogP contribution is 2.24. The second-order valence-electron chi connectivity index (χ2n) is 4.62. The Morgan fingerprint density at radius 2 is 2.17 bits per heavy atom. The van der Waals surface area contributed by atoms with Crippen LogP contribution < -0.4 is 11.1 Å². The monoisotopic (exact) mass is 264 g/mol. The van der Waals surface area contributed by atoms with E-state index in [-0.39, 0.29) is 5.91 Å². The summed E-state index contributed by atoms with van der Waals surface area (Å²) in [5, 5.41) is 3.53. The Balaban J connectivity index is 1.80. The number of carbonyl (C=O) groups is 1. The van der Waals surface area contributed by atoms with Gasteiger partial charge in [0.1, 0.15) is 6.04 Å². The van der Waals surface area contributed by atoms with Crippen LogP contribution in [0.4, 0.5) is 0 Å². The summed E-state index contributed by atoms with van der Waals surface area (Å²) in [6, 6.07) is 8.95. The number of hydrogen-bond acceptors (Lipinski definition) is 3. The zero-order chi connectivity index (χ0) is 12.8. The second-order valence-corrected chi connectivity index (χ2v) is 6.03. The van der Waals surface area contributed by atoms with E-state index < -0.39 is 6.04 Å². The number of amides is 1. The van der Waals surface area contributed by atoms with Gasteiger partial charge in [0.2, 0.25) is 5.91 Å². The second kappa shape index (κ2) is 6.81. The molecule has 0 bridgehead atoms. The molecule has 4 heteroatoms. The lowest BCUT2D eigenvalue weighted by Crippen LogP contribution is -2.38. The molecule has 1 amide bonds. The van der Waals surface area contributed by atoms with E-state index in [1.165, 1.54) is 25.0 Å². The molecule has 2 unspecified atom stereocenters. The van der Waals surface area contributed by atoms with E-state index in [4.69, 9.17) is 5.73 Å². The van der Waals surface area contributed by atoms with E-state index in [1.54, 1.807) is 0 Å². The zero-order valence-corrected chi connectivity index (χ0v) is 11.3.